The number of hydrogen-bond acceptors (Lipinski definition) is 4. The van der Waals surface area contributed by atoms with Crippen LogP contribution in [0.3, 0.4) is 0 Å². The Labute approximate surface area is 138 Å². The molecule has 1 N–H and O–H groups in total. The number of rotatable bonds is 3. The molecule has 1 aromatic heterocycles. The monoisotopic (exact) mass is 343 g/mol. The molecule has 0 amide bonds. The van der Waals surface area contributed by atoms with Crippen LogP contribution in [0.25, 0.3) is 0 Å². The van der Waals surface area contributed by atoms with E-state index in [0.29, 0.717) is 15.7 Å². The highest BCUT2D eigenvalue weighted by molar-refractivity contribution is 7.91. The molecular weight excluding hydrogens is 330 g/mol. The summed E-state index contributed by atoms with van der Waals surface area (Å²) in [6, 6.07) is 17.8. The molecule has 0 unspecified atom stereocenters. The molecule has 0 spiro atoms. The molecule has 2 aromatic carbocycles. The number of hydrogen-bond donors (Lipinski definition) is 1. The lowest BCUT2D eigenvalue weighted by Gasteiger charge is -2.28. The van der Waals surface area contributed by atoms with Gasteiger partial charge in [0.05, 0.1) is 6.04 Å². The van der Waals surface area contributed by atoms with E-state index in [-0.39, 0.29) is 0 Å². The summed E-state index contributed by atoms with van der Waals surface area (Å²) in [7, 11) is -3.59. The highest BCUT2D eigenvalue weighted by Gasteiger charge is 2.31. The van der Waals surface area contributed by atoms with Crippen molar-refractivity contribution in [1.29, 1.82) is 0 Å². The van der Waals surface area contributed by atoms with Crippen LogP contribution in [0.5, 0.6) is 11.5 Å². The first kappa shape index (κ1) is 14.4. The maximum absolute atomic E-state index is 12.6. The van der Waals surface area contributed by atoms with Gasteiger partial charge in [0.2, 0.25) is 0 Å². The topological polar surface area (TPSA) is 55.4 Å². The smallest absolute Gasteiger partial charge is 0.250 e. The molecule has 0 atom stereocenters. The van der Waals surface area contributed by atoms with Crippen molar-refractivity contribution in [3.8, 4) is 11.5 Å². The van der Waals surface area contributed by atoms with Crippen LogP contribution in [-0.4, -0.2) is 8.42 Å². The highest BCUT2D eigenvalue weighted by Crippen LogP contribution is 2.43. The van der Waals surface area contributed by atoms with Crippen LogP contribution in [-0.2, 0) is 10.0 Å². The fourth-order valence-corrected chi connectivity index (χ4v) is 4.87. The molecule has 4 rings (SSSR count). The zero-order chi connectivity index (χ0) is 15.9. The summed E-state index contributed by atoms with van der Waals surface area (Å²) in [6.07, 6.45) is 0. The number of benzene rings is 2. The summed E-state index contributed by atoms with van der Waals surface area (Å²) in [4.78, 5) is 0. The van der Waals surface area contributed by atoms with E-state index < -0.39 is 16.1 Å². The van der Waals surface area contributed by atoms with E-state index in [2.05, 4.69) is 4.72 Å². The molecule has 6 heteroatoms. The first-order valence-electron chi connectivity index (χ1n) is 7.07. The Balaban J connectivity index is 1.82. The highest BCUT2D eigenvalue weighted by atomic mass is 32.2. The summed E-state index contributed by atoms with van der Waals surface area (Å²) in [5, 5.41) is 1.75. The van der Waals surface area contributed by atoms with Gasteiger partial charge in [0.15, 0.2) is 0 Å². The molecule has 23 heavy (non-hydrogen) atoms. The Hall–Kier alpha value is -2.15. The fraction of sp³-hybridized carbons (Fsp3) is 0.0588. The van der Waals surface area contributed by atoms with Gasteiger partial charge in [-0.05, 0) is 23.6 Å². The van der Waals surface area contributed by atoms with Gasteiger partial charge < -0.3 is 4.74 Å². The third kappa shape index (κ3) is 2.55. The average Bonchev–Trinajstić information content (AvgIpc) is 3.10. The third-order valence-electron chi connectivity index (χ3n) is 3.71. The molecule has 3 aromatic rings. The van der Waals surface area contributed by atoms with E-state index in [4.69, 9.17) is 4.74 Å². The van der Waals surface area contributed by atoms with Crippen molar-refractivity contribution in [2.45, 2.75) is 10.3 Å². The van der Waals surface area contributed by atoms with Crippen molar-refractivity contribution in [3.63, 3.8) is 0 Å². The van der Waals surface area contributed by atoms with E-state index in [1.54, 1.807) is 17.5 Å². The minimum atomic E-state index is -3.59. The van der Waals surface area contributed by atoms with Crippen molar-refractivity contribution >= 4 is 21.4 Å². The predicted octanol–water partition coefficient (Wildman–Crippen LogP) is 3.92. The Kier molecular flexibility index (Phi) is 3.45. The van der Waals surface area contributed by atoms with Crippen LogP contribution in [0, 0.1) is 0 Å². The summed E-state index contributed by atoms with van der Waals surface area (Å²) >= 11 is 1.20. The van der Waals surface area contributed by atoms with Gasteiger partial charge in [-0.1, -0.05) is 42.5 Å². The summed E-state index contributed by atoms with van der Waals surface area (Å²) < 4.78 is 34.3. The molecule has 0 radical (unpaired) electrons. The molecule has 1 aliphatic rings. The Bertz CT molecular complexity index is 904. The average molecular weight is 343 g/mol. The molecule has 0 saturated carbocycles. The second kappa shape index (κ2) is 5.49. The van der Waals surface area contributed by atoms with Crippen molar-refractivity contribution < 1.29 is 13.2 Å². The molecule has 4 nitrogen and oxygen atoms in total. The van der Waals surface area contributed by atoms with Gasteiger partial charge >= 0.3 is 0 Å². The van der Waals surface area contributed by atoms with Gasteiger partial charge in [0.1, 0.15) is 15.7 Å². The maximum atomic E-state index is 12.6. The van der Waals surface area contributed by atoms with Crippen LogP contribution >= 0.6 is 11.3 Å². The second-order valence-corrected chi connectivity index (χ2v) is 8.05. The minimum Gasteiger partial charge on any atom is -0.457 e. The summed E-state index contributed by atoms with van der Waals surface area (Å²) in [5.41, 5.74) is 1.62. The molecule has 0 saturated heterocycles. The number of fused-ring (bicyclic) bond motifs is 2. The summed E-state index contributed by atoms with van der Waals surface area (Å²) in [5.74, 6) is 1.34. The van der Waals surface area contributed by atoms with E-state index in [0.717, 1.165) is 11.1 Å². The number of sulfonamides is 1. The lowest BCUT2D eigenvalue weighted by molar-refractivity contribution is 0.440. The lowest BCUT2D eigenvalue weighted by Crippen LogP contribution is -2.30. The lowest BCUT2D eigenvalue weighted by atomic mass is 9.95. The van der Waals surface area contributed by atoms with Gasteiger partial charge in [-0.3, -0.25) is 0 Å². The molecule has 116 valence electrons. The van der Waals surface area contributed by atoms with E-state index >= 15 is 0 Å². The Morgan fingerprint density at radius 1 is 0.870 bits per heavy atom. The number of thiophene rings is 1. The first-order chi connectivity index (χ1) is 11.1. The second-order valence-electron chi connectivity index (χ2n) is 5.16. The zero-order valence-corrected chi connectivity index (χ0v) is 13.6. The molecule has 2 heterocycles. The third-order valence-corrected chi connectivity index (χ3v) is 6.53. The maximum Gasteiger partial charge on any atom is 0.250 e. The predicted molar refractivity (Wildman–Crippen MR) is 89.4 cm³/mol. The molecule has 0 fully saturated rings. The van der Waals surface area contributed by atoms with E-state index in [1.165, 1.54) is 11.3 Å². The molecule has 0 aliphatic carbocycles. The zero-order valence-electron chi connectivity index (χ0n) is 12.0. The number of para-hydroxylation sites is 2. The summed E-state index contributed by atoms with van der Waals surface area (Å²) in [6.45, 7) is 0. The SMILES string of the molecule is O=S(=O)(NC1c2ccccc2Oc2ccccc21)c1cccs1. The largest absolute Gasteiger partial charge is 0.457 e. The van der Waals surface area contributed by atoms with E-state index in [9.17, 15) is 8.42 Å². The van der Waals surface area contributed by atoms with Gasteiger partial charge in [-0.15, -0.1) is 11.3 Å². The number of nitrogens with one attached hydrogen (secondary N) is 1. The van der Waals surface area contributed by atoms with Crippen molar-refractivity contribution in [3.05, 3.63) is 77.2 Å². The van der Waals surface area contributed by atoms with Crippen molar-refractivity contribution in [2.75, 3.05) is 0 Å². The molecule has 1 aliphatic heterocycles. The standard InChI is InChI=1S/C17H13NO3S2/c19-23(20,16-10-5-11-22-16)18-17-12-6-1-3-8-14(12)21-15-9-4-2-7-13(15)17/h1-11,17-18H. The van der Waals surface area contributed by atoms with Crippen LogP contribution in [0.2, 0.25) is 0 Å². The number of ether oxygens (including phenoxy) is 1. The quantitative estimate of drug-likeness (QED) is 0.784. The van der Waals surface area contributed by atoms with Crippen molar-refractivity contribution in [1.82, 2.24) is 4.72 Å². The first-order valence-corrected chi connectivity index (χ1v) is 9.43. The molecule has 0 bridgehead atoms. The normalized spacial score (nSPS) is 13.9. The Morgan fingerprint density at radius 3 is 2.04 bits per heavy atom. The van der Waals surface area contributed by atoms with Gasteiger partial charge in [0.25, 0.3) is 10.0 Å². The van der Waals surface area contributed by atoms with E-state index in [1.807, 2.05) is 48.5 Å². The molecular formula is C17H13NO3S2. The van der Waals surface area contributed by atoms with Crippen LogP contribution < -0.4 is 9.46 Å². The minimum absolute atomic E-state index is 0.305. The van der Waals surface area contributed by atoms with Gasteiger partial charge in [0, 0.05) is 11.1 Å². The van der Waals surface area contributed by atoms with Crippen LogP contribution in [0.4, 0.5) is 0 Å². The van der Waals surface area contributed by atoms with Crippen LogP contribution in [0.15, 0.2) is 70.3 Å². The van der Waals surface area contributed by atoms with Crippen molar-refractivity contribution in [2.24, 2.45) is 0 Å². The van der Waals surface area contributed by atoms with Gasteiger partial charge in [-0.2, -0.15) is 4.72 Å². The van der Waals surface area contributed by atoms with Crippen LogP contribution in [0.1, 0.15) is 17.2 Å². The fourth-order valence-electron chi connectivity index (χ4n) is 2.67. The van der Waals surface area contributed by atoms with Gasteiger partial charge in [-0.25, -0.2) is 8.42 Å². The Morgan fingerprint density at radius 2 is 1.48 bits per heavy atom.